The molecule has 0 saturated carbocycles. The Balaban J connectivity index is 0.00000593. The van der Waals surface area contributed by atoms with Gasteiger partial charge < -0.3 is 19.1 Å². The quantitative estimate of drug-likeness (QED) is 0.114. The summed E-state index contributed by atoms with van der Waals surface area (Å²) in [7, 11) is 0. The summed E-state index contributed by atoms with van der Waals surface area (Å²) in [5.41, 5.74) is 16.7. The average molecular weight is 1090 g/mol. The van der Waals surface area contributed by atoms with E-state index in [4.69, 9.17) is 9.72 Å². The van der Waals surface area contributed by atoms with Gasteiger partial charge >= 0.3 is 0 Å². The number of rotatable bonds is 12. The first-order chi connectivity index (χ1) is 32.8. The molecule has 352 valence electrons. The van der Waals surface area contributed by atoms with Crippen LogP contribution in [-0.4, -0.2) is 16.1 Å². The van der Waals surface area contributed by atoms with E-state index >= 15 is 0 Å². The molecule has 10 rings (SSSR count). The first kappa shape index (κ1) is 47.6. The Morgan fingerprint density at radius 3 is 2.10 bits per heavy atom. The van der Waals surface area contributed by atoms with Crippen molar-refractivity contribution in [2.45, 2.75) is 85.7 Å². The van der Waals surface area contributed by atoms with E-state index in [-0.39, 0.29) is 31.9 Å². The molecule has 0 bridgehead atoms. The number of aromatic nitrogens is 2. The van der Waals surface area contributed by atoms with Crippen molar-refractivity contribution in [3.63, 3.8) is 0 Å². The van der Waals surface area contributed by atoms with Crippen molar-refractivity contribution in [3.05, 3.63) is 211 Å². The molecule has 0 N–H and O–H groups in total. The van der Waals surface area contributed by atoms with Crippen LogP contribution in [0.4, 0.5) is 17.1 Å². The largest absolute Gasteiger partial charge is 0.517 e. The van der Waals surface area contributed by atoms with E-state index in [0.29, 0.717) is 18.3 Å². The second-order valence-electron chi connectivity index (χ2n) is 20.8. The molecule has 9 aromatic rings. The van der Waals surface area contributed by atoms with Gasteiger partial charge in [-0.25, -0.2) is 4.98 Å². The number of benzene rings is 7. The van der Waals surface area contributed by atoms with Crippen LogP contribution in [0.1, 0.15) is 83.2 Å². The second-order valence-corrected chi connectivity index (χ2v) is 20.8. The molecule has 0 saturated heterocycles. The van der Waals surface area contributed by atoms with Crippen LogP contribution >= 0.6 is 0 Å². The summed E-state index contributed by atoms with van der Waals surface area (Å²) in [4.78, 5) is 9.62. The molecule has 0 aliphatic carbocycles. The van der Waals surface area contributed by atoms with Crippen LogP contribution in [0.5, 0.6) is 5.75 Å². The van der Waals surface area contributed by atoms with Crippen molar-refractivity contribution in [3.8, 4) is 33.8 Å². The van der Waals surface area contributed by atoms with Crippen LogP contribution in [0.2, 0.25) is 0 Å². The topological polar surface area (TPSA) is 33.5 Å². The molecule has 0 spiro atoms. The van der Waals surface area contributed by atoms with Gasteiger partial charge in [-0.1, -0.05) is 158 Å². The predicted molar refractivity (Wildman–Crippen MR) is 284 cm³/mol. The predicted octanol–water partition coefficient (Wildman–Crippen LogP) is 15.8. The average Bonchev–Trinajstić information content (AvgIpc) is 3.88. The summed E-state index contributed by atoms with van der Waals surface area (Å²) in [6.07, 6.45) is 3.89. The van der Waals surface area contributed by atoms with E-state index in [9.17, 15) is 0 Å². The van der Waals surface area contributed by atoms with Gasteiger partial charge in [0.15, 0.2) is 0 Å². The Labute approximate surface area is 424 Å². The number of hydrogen-bond acceptors (Lipinski definition) is 4. The van der Waals surface area contributed by atoms with E-state index in [1.165, 1.54) is 55.6 Å². The van der Waals surface area contributed by atoms with Gasteiger partial charge in [0.2, 0.25) is 0 Å². The Morgan fingerprint density at radius 2 is 1.35 bits per heavy atom. The minimum absolute atomic E-state index is 0. The van der Waals surface area contributed by atoms with Crippen molar-refractivity contribution < 1.29 is 25.8 Å². The Hall–Kier alpha value is -6.42. The van der Waals surface area contributed by atoms with E-state index in [1.807, 2.05) is 12.3 Å². The van der Waals surface area contributed by atoms with Crippen molar-refractivity contribution in [2.75, 3.05) is 16.3 Å². The normalized spacial score (nSPS) is 12.8. The third kappa shape index (κ3) is 9.77. The van der Waals surface area contributed by atoms with Crippen LogP contribution in [0.15, 0.2) is 164 Å². The van der Waals surface area contributed by atoms with Gasteiger partial charge in [-0.15, -0.1) is 28.8 Å². The fourth-order valence-corrected chi connectivity index (χ4v) is 9.80. The fourth-order valence-electron chi connectivity index (χ4n) is 9.80. The van der Waals surface area contributed by atoms with Crippen molar-refractivity contribution >= 4 is 38.9 Å². The van der Waals surface area contributed by atoms with E-state index < -0.39 is 0 Å². The molecule has 0 radical (unpaired) electrons. The summed E-state index contributed by atoms with van der Waals surface area (Å²) < 4.78 is 8.87. The molecule has 69 heavy (non-hydrogen) atoms. The van der Waals surface area contributed by atoms with Crippen LogP contribution in [0, 0.1) is 24.7 Å². The van der Waals surface area contributed by atoms with Gasteiger partial charge in [-0.3, -0.25) is 0 Å². The number of anilines is 3. The molecule has 0 amide bonds. The van der Waals surface area contributed by atoms with E-state index in [2.05, 4.69) is 240 Å². The minimum atomic E-state index is -0.0366. The molecule has 2 aromatic heterocycles. The number of ether oxygens (including phenoxy) is 1. The summed E-state index contributed by atoms with van der Waals surface area (Å²) in [6, 6.07) is 64.3. The molecule has 7 aromatic carbocycles. The van der Waals surface area contributed by atoms with Gasteiger partial charge in [0, 0.05) is 49.9 Å². The molecule has 0 unspecified atom stereocenters. The second kappa shape index (κ2) is 19.5. The first-order valence-electron chi connectivity index (χ1n) is 24.2. The molecule has 0 atom stereocenters. The van der Waals surface area contributed by atoms with Gasteiger partial charge in [0.25, 0.3) is 0 Å². The van der Waals surface area contributed by atoms with Gasteiger partial charge in [0.05, 0.1) is 6.61 Å². The third-order valence-corrected chi connectivity index (χ3v) is 13.4. The molecule has 5 nitrogen and oxygen atoms in total. The first-order valence-corrected chi connectivity index (χ1v) is 24.2. The van der Waals surface area contributed by atoms with E-state index in [0.717, 1.165) is 58.6 Å². The van der Waals surface area contributed by atoms with Crippen LogP contribution < -0.4 is 14.5 Å². The molecule has 3 heterocycles. The molecule has 1 aliphatic heterocycles. The molecule has 1 aliphatic rings. The maximum atomic E-state index is 6.63. The van der Waals surface area contributed by atoms with Crippen LogP contribution in [-0.2, 0) is 51.3 Å². The van der Waals surface area contributed by atoms with Crippen molar-refractivity contribution in [1.82, 2.24) is 9.55 Å². The van der Waals surface area contributed by atoms with Crippen molar-refractivity contribution in [1.29, 1.82) is 0 Å². The minimum Gasteiger partial charge on any atom is -0.517 e. The van der Waals surface area contributed by atoms with E-state index in [1.54, 1.807) is 0 Å². The Kier molecular flexibility index (Phi) is 13.5. The summed E-state index contributed by atoms with van der Waals surface area (Å²) in [6.45, 7) is 21.6. The van der Waals surface area contributed by atoms with Gasteiger partial charge in [-0.05, 0) is 116 Å². The standard InChI is InChI=1S/C63H61N4O.Pt/c1-43(2)37-47-20-15-22-52(46-27-29-48(30-28-46)62(3,4)5)53(47)34-36-65-42-66(57-25-13-12-24-56(57)65)50-21-14-17-44(38-50)41-68-51-31-32-55-59(40-51)67(60-39-49(33-35-64-60)63(6,7)8)58-26-16-23-54(61(55)58)45-18-10-9-11-19-45;/h9-33,35,39,42-43H,34,36-37,41H2,1-8H3;/q-3;. The molecular formula is C63H61N4OPt-3. The Bertz CT molecular complexity index is 3250. The van der Waals surface area contributed by atoms with Crippen molar-refractivity contribution in [2.24, 2.45) is 5.92 Å². The number of hydrogen-bond donors (Lipinski definition) is 0. The SMILES string of the molecule is CC(C)Cc1cccc(-c2ccc(C(C)(C)C)cc2)c1CCN1[CH-]N(c2[c-]c(COc3[c-]c4c(cc3)c3c(-c5ccccc5)cccc3n4-c3cc(C(C)(C)C)ccn3)ccc2)c2ccccc21.[Pt]. The maximum absolute atomic E-state index is 6.63. The zero-order valence-electron chi connectivity index (χ0n) is 41.1. The number of fused-ring (bicyclic) bond motifs is 4. The Morgan fingerprint density at radius 1 is 0.652 bits per heavy atom. The third-order valence-electron chi connectivity index (χ3n) is 13.4. The number of para-hydroxylation sites is 2. The molecular weight excluding hydrogens is 1020 g/mol. The summed E-state index contributed by atoms with van der Waals surface area (Å²) >= 11 is 0. The van der Waals surface area contributed by atoms with Gasteiger partial charge in [-0.2, -0.15) is 37.0 Å². The maximum Gasteiger partial charge on any atom is 0.135 e. The zero-order valence-corrected chi connectivity index (χ0v) is 43.4. The summed E-state index contributed by atoms with van der Waals surface area (Å²) in [5, 5.41) is 2.27. The smallest absolute Gasteiger partial charge is 0.135 e. The zero-order chi connectivity index (χ0) is 47.2. The summed E-state index contributed by atoms with van der Waals surface area (Å²) in [5.74, 6) is 2.09. The van der Waals surface area contributed by atoms with Crippen LogP contribution in [0.3, 0.4) is 0 Å². The monoisotopic (exact) mass is 1080 g/mol. The molecule has 0 fully saturated rings. The van der Waals surface area contributed by atoms with Gasteiger partial charge in [0.1, 0.15) is 5.82 Å². The molecule has 6 heteroatoms. The van der Waals surface area contributed by atoms with Crippen LogP contribution in [0.25, 0.3) is 49.9 Å². The number of pyridine rings is 1. The fraction of sp³-hybridized carbons (Fsp3) is 0.238. The number of nitrogens with zero attached hydrogens (tertiary/aromatic N) is 4.